The standard InChI is InChI=1S/C7H17NO2Si2/c1-10-12(11(2)3)6-4-5-8-7-9/h11-12H,4-6H2,1-3H3. The van der Waals surface area contributed by atoms with Gasteiger partial charge in [-0.1, -0.05) is 13.1 Å². The Morgan fingerprint density at radius 3 is 2.58 bits per heavy atom. The fourth-order valence-electron chi connectivity index (χ4n) is 1.14. The molecule has 0 aliphatic heterocycles. The van der Waals surface area contributed by atoms with Crippen LogP contribution >= 0.6 is 0 Å². The van der Waals surface area contributed by atoms with Crippen LogP contribution in [-0.2, 0) is 9.22 Å². The van der Waals surface area contributed by atoms with E-state index >= 15 is 0 Å². The van der Waals surface area contributed by atoms with Crippen LogP contribution < -0.4 is 0 Å². The SMILES string of the molecule is CO[SiH](CCCN=C=O)[SiH](C)C. The zero-order valence-electron chi connectivity index (χ0n) is 8.04. The van der Waals surface area contributed by atoms with Crippen molar-refractivity contribution < 1.29 is 9.22 Å². The van der Waals surface area contributed by atoms with Gasteiger partial charge < -0.3 is 4.43 Å². The molecule has 3 nitrogen and oxygen atoms in total. The van der Waals surface area contributed by atoms with Crippen molar-refractivity contribution >= 4 is 23.0 Å². The van der Waals surface area contributed by atoms with Crippen molar-refractivity contribution in [2.45, 2.75) is 25.6 Å². The van der Waals surface area contributed by atoms with E-state index in [-0.39, 0.29) is 0 Å². The highest BCUT2D eigenvalue weighted by molar-refractivity contribution is 7.18. The summed E-state index contributed by atoms with van der Waals surface area (Å²) in [5.41, 5.74) is 0. The van der Waals surface area contributed by atoms with E-state index < -0.39 is 16.9 Å². The maximum absolute atomic E-state index is 9.75. The van der Waals surface area contributed by atoms with Gasteiger partial charge in [0.25, 0.3) is 0 Å². The zero-order valence-corrected chi connectivity index (χ0v) is 10.3. The highest BCUT2D eigenvalue weighted by Crippen LogP contribution is 2.02. The fraction of sp³-hybridized carbons (Fsp3) is 0.857. The minimum Gasteiger partial charge on any atom is -0.427 e. The third kappa shape index (κ3) is 5.43. The Labute approximate surface area is 77.0 Å². The van der Waals surface area contributed by atoms with Gasteiger partial charge in [0.1, 0.15) is 0 Å². The third-order valence-corrected chi connectivity index (χ3v) is 11.2. The van der Waals surface area contributed by atoms with E-state index in [1.165, 1.54) is 0 Å². The molecule has 12 heavy (non-hydrogen) atoms. The molecule has 0 aliphatic carbocycles. The van der Waals surface area contributed by atoms with Crippen molar-refractivity contribution in [2.75, 3.05) is 13.7 Å². The predicted molar refractivity (Wildman–Crippen MR) is 55.4 cm³/mol. The first-order chi connectivity index (χ1) is 5.72. The molecule has 0 rings (SSSR count). The van der Waals surface area contributed by atoms with Gasteiger partial charge in [-0.3, -0.25) is 0 Å². The second kappa shape index (κ2) is 7.42. The Balaban J connectivity index is 3.51. The van der Waals surface area contributed by atoms with E-state index in [1.54, 1.807) is 6.08 Å². The minimum atomic E-state index is -0.880. The average Bonchev–Trinajstić information content (AvgIpc) is 2.04. The molecule has 0 radical (unpaired) electrons. The Morgan fingerprint density at radius 2 is 2.17 bits per heavy atom. The van der Waals surface area contributed by atoms with Gasteiger partial charge in [-0.05, 0) is 12.5 Å². The van der Waals surface area contributed by atoms with E-state index in [0.717, 1.165) is 12.5 Å². The first kappa shape index (κ1) is 11.8. The molecule has 0 saturated carbocycles. The van der Waals surface area contributed by atoms with E-state index in [9.17, 15) is 4.79 Å². The zero-order chi connectivity index (χ0) is 9.40. The summed E-state index contributed by atoms with van der Waals surface area (Å²) in [7, 11) is 0.372. The molecule has 70 valence electrons. The maximum Gasteiger partial charge on any atom is 0.234 e. The van der Waals surface area contributed by atoms with Gasteiger partial charge in [-0.2, -0.15) is 0 Å². The summed E-state index contributed by atoms with van der Waals surface area (Å²) in [4.78, 5) is 13.3. The molecule has 0 spiro atoms. The van der Waals surface area contributed by atoms with Crippen LogP contribution in [0.15, 0.2) is 4.99 Å². The summed E-state index contributed by atoms with van der Waals surface area (Å²) in [5, 5.41) is 0. The highest BCUT2D eigenvalue weighted by atomic mass is 29.2. The molecule has 0 aromatic heterocycles. The Kier molecular flexibility index (Phi) is 7.28. The second-order valence-electron chi connectivity index (χ2n) is 3.13. The molecule has 0 aromatic carbocycles. The van der Waals surface area contributed by atoms with Crippen LogP contribution in [0.5, 0.6) is 0 Å². The normalized spacial score (nSPS) is 12.7. The number of aliphatic imine (C=N–C) groups is 1. The molecule has 5 heteroatoms. The topological polar surface area (TPSA) is 38.7 Å². The van der Waals surface area contributed by atoms with Gasteiger partial charge in [0, 0.05) is 7.11 Å². The number of nitrogens with zero attached hydrogens (tertiary/aromatic N) is 1. The van der Waals surface area contributed by atoms with E-state index in [4.69, 9.17) is 4.43 Å². The van der Waals surface area contributed by atoms with Gasteiger partial charge in [-0.15, -0.1) is 0 Å². The van der Waals surface area contributed by atoms with Gasteiger partial charge in [0.2, 0.25) is 6.08 Å². The molecular weight excluding hydrogens is 186 g/mol. The summed E-state index contributed by atoms with van der Waals surface area (Å²) < 4.78 is 5.45. The molecule has 0 fully saturated rings. The second-order valence-corrected chi connectivity index (χ2v) is 14.0. The van der Waals surface area contributed by atoms with Crippen LogP contribution in [0.25, 0.3) is 0 Å². The highest BCUT2D eigenvalue weighted by Gasteiger charge is 2.14. The van der Waals surface area contributed by atoms with Crippen LogP contribution in [0.2, 0.25) is 19.1 Å². The minimum absolute atomic E-state index is 0.561. The monoisotopic (exact) mass is 203 g/mol. The van der Waals surface area contributed by atoms with Crippen LogP contribution in [0.4, 0.5) is 0 Å². The van der Waals surface area contributed by atoms with Gasteiger partial charge in [0.05, 0.1) is 14.9 Å². The van der Waals surface area contributed by atoms with Crippen molar-refractivity contribution in [1.82, 2.24) is 0 Å². The lowest BCUT2D eigenvalue weighted by molar-refractivity contribution is 0.431. The molecule has 0 saturated heterocycles. The van der Waals surface area contributed by atoms with Crippen molar-refractivity contribution in [2.24, 2.45) is 4.99 Å². The quantitative estimate of drug-likeness (QED) is 0.275. The molecule has 1 atom stereocenters. The Bertz CT molecular complexity index is 157. The average molecular weight is 203 g/mol. The van der Waals surface area contributed by atoms with Crippen LogP contribution in [0.3, 0.4) is 0 Å². The van der Waals surface area contributed by atoms with Crippen molar-refractivity contribution in [3.63, 3.8) is 0 Å². The van der Waals surface area contributed by atoms with Crippen LogP contribution in [-0.4, -0.2) is 36.6 Å². The number of carbonyl (C=O) groups excluding carboxylic acids is 1. The molecule has 0 aliphatic rings. The molecular formula is C7H17NO2Si2. The predicted octanol–water partition coefficient (Wildman–Crippen LogP) is 0.648. The molecule has 1 unspecified atom stereocenters. The molecule has 0 aromatic rings. The van der Waals surface area contributed by atoms with E-state index in [2.05, 4.69) is 18.1 Å². The summed E-state index contributed by atoms with van der Waals surface area (Å²) in [5.74, 6) is 0. The molecule has 0 heterocycles. The lowest BCUT2D eigenvalue weighted by Crippen LogP contribution is -2.32. The Morgan fingerprint density at radius 1 is 1.50 bits per heavy atom. The fourth-order valence-corrected chi connectivity index (χ4v) is 7.51. The van der Waals surface area contributed by atoms with Gasteiger partial charge >= 0.3 is 0 Å². The maximum atomic E-state index is 9.75. The molecule has 0 amide bonds. The summed E-state index contributed by atoms with van der Waals surface area (Å²) in [6, 6.07) is 1.16. The summed E-state index contributed by atoms with van der Waals surface area (Å²) in [6.07, 6.45) is 2.54. The van der Waals surface area contributed by atoms with Crippen LogP contribution in [0, 0.1) is 0 Å². The number of rotatable bonds is 6. The van der Waals surface area contributed by atoms with Gasteiger partial charge in [0.15, 0.2) is 8.56 Å². The lowest BCUT2D eigenvalue weighted by atomic mass is 10.5. The van der Waals surface area contributed by atoms with Crippen LogP contribution in [0.1, 0.15) is 6.42 Å². The summed E-state index contributed by atoms with van der Waals surface area (Å²) in [6.45, 7) is 5.27. The van der Waals surface area contributed by atoms with E-state index in [1.807, 2.05) is 7.11 Å². The largest absolute Gasteiger partial charge is 0.427 e. The summed E-state index contributed by atoms with van der Waals surface area (Å²) >= 11 is 0. The molecule has 0 N–H and O–H groups in total. The third-order valence-electron chi connectivity index (χ3n) is 1.87. The number of hydrogen-bond acceptors (Lipinski definition) is 3. The van der Waals surface area contributed by atoms with Crippen molar-refractivity contribution in [1.29, 1.82) is 0 Å². The van der Waals surface area contributed by atoms with Gasteiger partial charge in [-0.25, -0.2) is 9.79 Å². The first-order valence-corrected chi connectivity index (χ1v) is 10.5. The smallest absolute Gasteiger partial charge is 0.234 e. The number of isocyanates is 1. The van der Waals surface area contributed by atoms with E-state index in [0.29, 0.717) is 6.54 Å². The first-order valence-electron chi connectivity index (χ1n) is 4.28. The van der Waals surface area contributed by atoms with Crippen molar-refractivity contribution in [3.8, 4) is 0 Å². The lowest BCUT2D eigenvalue weighted by Gasteiger charge is -2.14. The van der Waals surface area contributed by atoms with Crippen molar-refractivity contribution in [3.05, 3.63) is 0 Å². The molecule has 0 bridgehead atoms. The number of hydrogen-bond donors (Lipinski definition) is 0. The Hall–Kier alpha value is -0.226.